The minimum Gasteiger partial charge on any atom is -0.463 e. The van der Waals surface area contributed by atoms with E-state index < -0.39 is 23.3 Å². The van der Waals surface area contributed by atoms with Gasteiger partial charge in [-0.15, -0.1) is 0 Å². The normalized spacial score (nSPS) is 12.3. The number of rotatable bonds is 3. The Morgan fingerprint density at radius 1 is 1.24 bits per heavy atom. The van der Waals surface area contributed by atoms with Crippen molar-refractivity contribution in [2.75, 3.05) is 6.61 Å². The molecule has 0 radical (unpaired) electrons. The van der Waals surface area contributed by atoms with Crippen molar-refractivity contribution in [1.82, 2.24) is 9.38 Å². The van der Waals surface area contributed by atoms with E-state index in [0.717, 1.165) is 12.1 Å². The average Bonchev–Trinajstić information content (AvgIpc) is 2.97. The monoisotopic (exact) mass is 350 g/mol. The summed E-state index contributed by atoms with van der Waals surface area (Å²) in [6.45, 7) is 1.89. The van der Waals surface area contributed by atoms with Gasteiger partial charge >= 0.3 is 12.1 Å². The Labute approximate surface area is 139 Å². The molecule has 3 aromatic rings. The largest absolute Gasteiger partial charge is 0.463 e. The maximum atomic E-state index is 12.9. The fourth-order valence-electron chi connectivity index (χ4n) is 2.57. The number of aromatic amines is 1. The Balaban J connectivity index is 2.21. The van der Waals surface area contributed by atoms with Crippen LogP contribution in [0.5, 0.6) is 0 Å². The quantitative estimate of drug-likeness (QED) is 0.582. The van der Waals surface area contributed by atoms with Gasteiger partial charge in [0.1, 0.15) is 5.52 Å². The molecule has 0 bridgehead atoms. The number of H-pyrrole nitrogens is 1. The molecule has 0 aliphatic heterocycles. The van der Waals surface area contributed by atoms with Crippen molar-refractivity contribution in [2.24, 2.45) is 0 Å². The zero-order chi connectivity index (χ0) is 18.2. The number of benzene rings is 1. The summed E-state index contributed by atoms with van der Waals surface area (Å²) in [5, 5.41) is 0. The lowest BCUT2D eigenvalue weighted by Gasteiger charge is -2.10. The highest BCUT2D eigenvalue weighted by Gasteiger charge is 2.30. The average molecular weight is 350 g/mol. The molecule has 0 aliphatic carbocycles. The first-order valence-corrected chi connectivity index (χ1v) is 7.41. The van der Waals surface area contributed by atoms with Crippen LogP contribution in [-0.2, 0) is 15.7 Å². The molecule has 8 heteroatoms. The molecule has 0 saturated heterocycles. The van der Waals surface area contributed by atoms with Crippen molar-refractivity contribution in [1.29, 1.82) is 0 Å². The number of hydrogen-bond donors (Lipinski definition) is 1. The smallest absolute Gasteiger partial charge is 0.416 e. The summed E-state index contributed by atoms with van der Waals surface area (Å²) in [6.07, 6.45) is -1.87. The van der Waals surface area contributed by atoms with Gasteiger partial charge in [-0.2, -0.15) is 13.2 Å². The molecule has 130 valence electrons. The number of nitrogens with zero attached hydrogens (tertiary/aromatic N) is 1. The van der Waals surface area contributed by atoms with Crippen molar-refractivity contribution < 1.29 is 22.7 Å². The van der Waals surface area contributed by atoms with Gasteiger partial charge < -0.3 is 14.1 Å². The number of aromatic nitrogens is 2. The third-order valence-electron chi connectivity index (χ3n) is 3.63. The number of carbonyl (C=O) groups is 1. The lowest BCUT2D eigenvalue weighted by atomic mass is 10.2. The van der Waals surface area contributed by atoms with E-state index in [9.17, 15) is 22.8 Å². The van der Waals surface area contributed by atoms with E-state index in [-0.39, 0.29) is 17.6 Å². The van der Waals surface area contributed by atoms with Crippen LogP contribution in [0.1, 0.15) is 18.2 Å². The first kappa shape index (κ1) is 16.8. The molecule has 0 aliphatic rings. The SMILES string of the molecule is CCOC(=O)C=Cc1ccc2c(=O)[nH]c3cc(C(F)(F)F)ccc3n12. The molecule has 5 nitrogen and oxygen atoms in total. The van der Waals surface area contributed by atoms with Gasteiger partial charge in [0.15, 0.2) is 0 Å². The summed E-state index contributed by atoms with van der Waals surface area (Å²) in [7, 11) is 0. The Bertz CT molecular complexity index is 1040. The molecule has 2 aromatic heterocycles. The van der Waals surface area contributed by atoms with Crippen LogP contribution in [-0.4, -0.2) is 22.0 Å². The van der Waals surface area contributed by atoms with E-state index in [2.05, 4.69) is 4.98 Å². The van der Waals surface area contributed by atoms with Crippen molar-refractivity contribution in [2.45, 2.75) is 13.1 Å². The summed E-state index contributed by atoms with van der Waals surface area (Å²) in [6, 6.07) is 6.23. The minimum absolute atomic E-state index is 0.0503. The van der Waals surface area contributed by atoms with Crippen LogP contribution in [0.2, 0.25) is 0 Å². The number of nitrogens with one attached hydrogen (secondary N) is 1. The maximum Gasteiger partial charge on any atom is 0.416 e. The van der Waals surface area contributed by atoms with Crippen LogP contribution >= 0.6 is 0 Å². The standard InChI is InChI=1S/C17H13F3N2O3/c1-2-25-15(23)8-5-11-4-7-14-16(24)21-12-9-10(17(18,19)20)3-6-13(12)22(11)14/h3-9H,2H2,1H3,(H,21,24). The van der Waals surface area contributed by atoms with Gasteiger partial charge in [0, 0.05) is 11.8 Å². The van der Waals surface area contributed by atoms with Crippen LogP contribution in [0.4, 0.5) is 13.2 Å². The molecule has 1 N–H and O–H groups in total. The first-order chi connectivity index (χ1) is 11.8. The van der Waals surface area contributed by atoms with Crippen LogP contribution in [0, 0.1) is 0 Å². The maximum absolute atomic E-state index is 12.9. The molecule has 3 rings (SSSR count). The number of carbonyl (C=O) groups excluding carboxylic acids is 1. The fourth-order valence-corrected chi connectivity index (χ4v) is 2.57. The molecule has 0 unspecified atom stereocenters. The summed E-state index contributed by atoms with van der Waals surface area (Å²) in [5.41, 5.74) is -0.214. The number of ether oxygens (including phenoxy) is 1. The highest BCUT2D eigenvalue weighted by molar-refractivity contribution is 5.88. The van der Waals surface area contributed by atoms with E-state index in [4.69, 9.17) is 4.74 Å². The molecule has 0 amide bonds. The van der Waals surface area contributed by atoms with E-state index in [1.807, 2.05) is 0 Å². The predicted octanol–water partition coefficient (Wildman–Crippen LogP) is 3.38. The number of fused-ring (bicyclic) bond motifs is 3. The lowest BCUT2D eigenvalue weighted by molar-refractivity contribution is -0.138. The summed E-state index contributed by atoms with van der Waals surface area (Å²) >= 11 is 0. The van der Waals surface area contributed by atoms with Gasteiger partial charge in [-0.25, -0.2) is 4.79 Å². The summed E-state index contributed by atoms with van der Waals surface area (Å²) in [5.74, 6) is -0.550. The van der Waals surface area contributed by atoms with Gasteiger partial charge in [0.25, 0.3) is 5.56 Å². The lowest BCUT2D eigenvalue weighted by Crippen LogP contribution is -2.12. The van der Waals surface area contributed by atoms with E-state index >= 15 is 0 Å². The molecule has 2 heterocycles. The van der Waals surface area contributed by atoms with Crippen molar-refractivity contribution in [3.05, 3.63) is 58.0 Å². The highest BCUT2D eigenvalue weighted by Crippen LogP contribution is 2.31. The van der Waals surface area contributed by atoms with E-state index in [1.54, 1.807) is 13.0 Å². The van der Waals surface area contributed by atoms with Gasteiger partial charge in [-0.3, -0.25) is 4.79 Å². The number of halogens is 3. The first-order valence-electron chi connectivity index (χ1n) is 7.41. The summed E-state index contributed by atoms with van der Waals surface area (Å²) in [4.78, 5) is 26.0. The van der Waals surface area contributed by atoms with Gasteiger partial charge in [0.2, 0.25) is 0 Å². The van der Waals surface area contributed by atoms with E-state index in [0.29, 0.717) is 11.2 Å². The molecule has 0 saturated carbocycles. The third kappa shape index (κ3) is 3.15. The van der Waals surface area contributed by atoms with Gasteiger partial charge in [-0.1, -0.05) is 0 Å². The third-order valence-corrected chi connectivity index (χ3v) is 3.63. The molecule has 0 spiro atoms. The molecular weight excluding hydrogens is 337 g/mol. The number of hydrogen-bond acceptors (Lipinski definition) is 3. The molecule has 25 heavy (non-hydrogen) atoms. The zero-order valence-electron chi connectivity index (χ0n) is 13.1. The van der Waals surface area contributed by atoms with Gasteiger partial charge in [-0.05, 0) is 43.3 Å². The van der Waals surface area contributed by atoms with Crippen molar-refractivity contribution in [3.63, 3.8) is 0 Å². The Hall–Kier alpha value is -3.03. The van der Waals surface area contributed by atoms with Gasteiger partial charge in [0.05, 0.1) is 23.2 Å². The highest BCUT2D eigenvalue weighted by atomic mass is 19.4. The topological polar surface area (TPSA) is 63.6 Å². The second kappa shape index (κ2) is 6.12. The number of esters is 1. The van der Waals surface area contributed by atoms with Crippen molar-refractivity contribution in [3.8, 4) is 0 Å². The van der Waals surface area contributed by atoms with Crippen LogP contribution in [0.3, 0.4) is 0 Å². The second-order valence-electron chi connectivity index (χ2n) is 5.25. The van der Waals surface area contributed by atoms with Crippen LogP contribution < -0.4 is 5.56 Å². The molecule has 1 aromatic carbocycles. The molecular formula is C17H13F3N2O3. The Kier molecular flexibility index (Phi) is 4.12. The van der Waals surface area contributed by atoms with E-state index in [1.165, 1.54) is 28.7 Å². The Morgan fingerprint density at radius 2 is 1.96 bits per heavy atom. The van der Waals surface area contributed by atoms with Crippen molar-refractivity contribution >= 4 is 28.6 Å². The molecule has 0 fully saturated rings. The predicted molar refractivity (Wildman–Crippen MR) is 86.2 cm³/mol. The van der Waals surface area contributed by atoms with Crippen LogP contribution in [0.15, 0.2) is 41.2 Å². The van der Waals surface area contributed by atoms with Crippen LogP contribution in [0.25, 0.3) is 22.6 Å². The molecule has 0 atom stereocenters. The minimum atomic E-state index is -4.51. The Morgan fingerprint density at radius 3 is 2.64 bits per heavy atom. The second-order valence-corrected chi connectivity index (χ2v) is 5.25. The fraction of sp³-hybridized carbons (Fsp3) is 0.176. The number of alkyl halides is 3. The zero-order valence-corrected chi connectivity index (χ0v) is 13.1. The summed E-state index contributed by atoms with van der Waals surface area (Å²) < 4.78 is 44.9.